The number of hydrogen-bond acceptors (Lipinski definition) is 2. The summed E-state index contributed by atoms with van der Waals surface area (Å²) in [5.74, 6) is 0. The number of hydrogen-bond donors (Lipinski definition) is 0. The highest BCUT2D eigenvalue weighted by Crippen LogP contribution is 2.48. The zero-order chi connectivity index (χ0) is 36.4. The molecule has 2 nitrogen and oxygen atoms in total. The second-order valence-corrected chi connectivity index (χ2v) is 26.2. The quantitative estimate of drug-likeness (QED) is 0.128. The van der Waals surface area contributed by atoms with Gasteiger partial charge in [-0.3, -0.25) is 0 Å². The van der Waals surface area contributed by atoms with Crippen molar-refractivity contribution in [1.29, 1.82) is 10.5 Å². The van der Waals surface area contributed by atoms with E-state index in [9.17, 15) is 10.5 Å². The van der Waals surface area contributed by atoms with Gasteiger partial charge in [-0.15, -0.1) is 0 Å². The van der Waals surface area contributed by atoms with Gasteiger partial charge in [-0.05, 0) is 113 Å². The van der Waals surface area contributed by atoms with Crippen LogP contribution in [0.1, 0.15) is 11.1 Å². The highest BCUT2D eigenvalue weighted by Gasteiger charge is 2.23. The Balaban J connectivity index is 1.50. The van der Waals surface area contributed by atoms with E-state index >= 15 is 0 Å². The molecule has 8 aromatic rings. The third-order valence-electron chi connectivity index (χ3n) is 10.7. The van der Waals surface area contributed by atoms with Crippen LogP contribution >= 0.6 is 0 Å². The first-order valence-electron chi connectivity index (χ1n) is 18.0. The first kappa shape index (κ1) is 33.4. The molecule has 0 fully saturated rings. The fourth-order valence-electron chi connectivity index (χ4n) is 7.70. The summed E-state index contributed by atoms with van der Waals surface area (Å²) in [4.78, 5) is 0. The first-order valence-corrected chi connectivity index (χ1v) is 25.0. The second kappa shape index (κ2) is 12.5. The Kier molecular flexibility index (Phi) is 8.00. The topological polar surface area (TPSA) is 47.6 Å². The zero-order valence-electron chi connectivity index (χ0n) is 30.6. The summed E-state index contributed by atoms with van der Waals surface area (Å²) in [6.07, 6.45) is 0. The fraction of sp³-hybridized carbons (Fsp3) is 0.125. The van der Waals surface area contributed by atoms with Crippen LogP contribution in [0.4, 0.5) is 0 Å². The zero-order valence-corrected chi connectivity index (χ0v) is 32.6. The minimum atomic E-state index is -1.48. The molecule has 0 bridgehead atoms. The van der Waals surface area contributed by atoms with E-state index in [1.54, 1.807) is 0 Å². The summed E-state index contributed by atoms with van der Waals surface area (Å²) in [6.45, 7) is 14.4. The molecule has 0 spiro atoms. The first-order chi connectivity index (χ1) is 24.9. The van der Waals surface area contributed by atoms with Gasteiger partial charge < -0.3 is 0 Å². The maximum absolute atomic E-state index is 9.59. The van der Waals surface area contributed by atoms with Gasteiger partial charge in [-0.2, -0.15) is 10.5 Å². The Morgan fingerprint density at radius 1 is 0.346 bits per heavy atom. The molecule has 0 amide bonds. The molecular formula is C48H40N2Si2. The lowest BCUT2D eigenvalue weighted by Gasteiger charge is -2.22. The highest BCUT2D eigenvalue weighted by atomic mass is 28.3. The van der Waals surface area contributed by atoms with E-state index in [1.807, 2.05) is 24.3 Å². The molecule has 8 rings (SSSR count). The Morgan fingerprint density at radius 2 is 0.596 bits per heavy atom. The van der Waals surface area contributed by atoms with Crippen molar-refractivity contribution in [1.82, 2.24) is 0 Å². The number of nitriles is 2. The van der Waals surface area contributed by atoms with E-state index in [0.717, 1.165) is 22.3 Å². The summed E-state index contributed by atoms with van der Waals surface area (Å²) in [5, 5.41) is 29.4. The lowest BCUT2D eigenvalue weighted by atomic mass is 9.82. The van der Waals surface area contributed by atoms with E-state index in [4.69, 9.17) is 0 Å². The molecular weight excluding hydrogens is 661 g/mol. The summed E-state index contributed by atoms with van der Waals surface area (Å²) < 4.78 is 0. The van der Waals surface area contributed by atoms with Crippen molar-refractivity contribution < 1.29 is 0 Å². The van der Waals surface area contributed by atoms with Crippen molar-refractivity contribution in [3.05, 3.63) is 145 Å². The Hall–Kier alpha value is -5.79. The Bertz CT molecular complexity index is 2520. The SMILES string of the molecule is C[Si](C)(C)c1ccc(-c2cc(-c3ccc(C#N)cc3)c3ccc4c(-c5ccc([Si](C)(C)C)cc5)cc(-c5ccc(C#N)cc5)c5ccc2c3c54)cc1. The lowest BCUT2D eigenvalue weighted by Crippen LogP contribution is -2.37. The molecule has 0 heterocycles. The molecule has 0 aromatic heterocycles. The number of nitrogens with zero attached hydrogens (tertiary/aromatic N) is 2. The minimum absolute atomic E-state index is 0.653. The normalized spacial score (nSPS) is 12.0. The summed E-state index contributed by atoms with van der Waals surface area (Å²) in [7, 11) is -2.95. The van der Waals surface area contributed by atoms with E-state index in [2.05, 4.69) is 161 Å². The van der Waals surface area contributed by atoms with Crippen LogP contribution in [-0.4, -0.2) is 16.1 Å². The van der Waals surface area contributed by atoms with Gasteiger partial charge in [0, 0.05) is 0 Å². The minimum Gasteiger partial charge on any atom is -0.192 e. The average Bonchev–Trinajstić information content (AvgIpc) is 3.16. The molecule has 0 aliphatic rings. The van der Waals surface area contributed by atoms with Crippen molar-refractivity contribution in [3.63, 3.8) is 0 Å². The Morgan fingerprint density at radius 3 is 0.827 bits per heavy atom. The standard InChI is InChI=1S/C48H40N2Si2/c1-51(2,3)37-19-15-35(16-20-37)45-27-43(33-11-7-31(29-49)8-12-33)39-24-26-42-46(36-17-21-38(22-18-36)52(4,5)6)28-44(34-13-9-32(30-50)10-14-34)40-23-25-41(45)47(39)48(40)42/h7-28H,1-6H3. The van der Waals surface area contributed by atoms with Crippen molar-refractivity contribution in [3.8, 4) is 56.6 Å². The van der Waals surface area contributed by atoms with Gasteiger partial charge in [0.05, 0.1) is 39.4 Å². The van der Waals surface area contributed by atoms with Crippen LogP contribution in [0.3, 0.4) is 0 Å². The maximum atomic E-state index is 9.59. The van der Waals surface area contributed by atoms with Crippen LogP contribution in [0.15, 0.2) is 133 Å². The highest BCUT2D eigenvalue weighted by molar-refractivity contribution is 6.89. The van der Waals surface area contributed by atoms with E-state index in [1.165, 1.54) is 64.9 Å². The molecule has 0 radical (unpaired) electrons. The van der Waals surface area contributed by atoms with E-state index < -0.39 is 16.1 Å². The molecule has 0 saturated heterocycles. The fourth-order valence-corrected chi connectivity index (χ4v) is 10.0. The lowest BCUT2D eigenvalue weighted by molar-refractivity contribution is 1.48. The molecule has 8 aromatic carbocycles. The molecule has 52 heavy (non-hydrogen) atoms. The van der Waals surface area contributed by atoms with Gasteiger partial charge in [0.25, 0.3) is 0 Å². The van der Waals surface area contributed by atoms with Crippen LogP contribution in [0.5, 0.6) is 0 Å². The number of rotatable bonds is 6. The molecule has 0 aliphatic heterocycles. The van der Waals surface area contributed by atoms with Gasteiger partial charge in [0.15, 0.2) is 0 Å². The van der Waals surface area contributed by atoms with E-state index in [-0.39, 0.29) is 0 Å². The van der Waals surface area contributed by atoms with Gasteiger partial charge >= 0.3 is 0 Å². The smallest absolute Gasteiger partial charge is 0.0991 e. The average molecular weight is 701 g/mol. The van der Waals surface area contributed by atoms with Crippen LogP contribution in [-0.2, 0) is 0 Å². The van der Waals surface area contributed by atoms with Crippen LogP contribution in [0.2, 0.25) is 39.3 Å². The van der Waals surface area contributed by atoms with Gasteiger partial charge in [-0.25, -0.2) is 0 Å². The largest absolute Gasteiger partial charge is 0.192 e. The second-order valence-electron chi connectivity index (χ2n) is 16.0. The number of benzene rings is 8. The molecule has 0 atom stereocenters. The van der Waals surface area contributed by atoms with Gasteiger partial charge in [-0.1, -0.05) is 147 Å². The molecule has 0 N–H and O–H groups in total. The summed E-state index contributed by atoms with van der Waals surface area (Å²) in [6, 6.07) is 53.0. The summed E-state index contributed by atoms with van der Waals surface area (Å²) in [5.41, 5.74) is 10.6. The third-order valence-corrected chi connectivity index (χ3v) is 14.8. The van der Waals surface area contributed by atoms with Gasteiger partial charge in [0.1, 0.15) is 0 Å². The third kappa shape index (κ3) is 5.71. The van der Waals surface area contributed by atoms with Gasteiger partial charge in [0.2, 0.25) is 0 Å². The van der Waals surface area contributed by atoms with E-state index in [0.29, 0.717) is 11.1 Å². The molecule has 4 heteroatoms. The molecule has 0 aliphatic carbocycles. The van der Waals surface area contributed by atoms with Crippen molar-refractivity contribution in [2.75, 3.05) is 0 Å². The predicted octanol–water partition coefficient (Wildman–Crippen LogP) is 12.1. The van der Waals surface area contributed by atoms with Crippen LogP contribution in [0.25, 0.3) is 76.8 Å². The molecule has 0 saturated carbocycles. The van der Waals surface area contributed by atoms with Crippen molar-refractivity contribution >= 4 is 58.8 Å². The van der Waals surface area contributed by atoms with Crippen LogP contribution in [0, 0.1) is 22.7 Å². The monoisotopic (exact) mass is 700 g/mol. The van der Waals surface area contributed by atoms with Crippen LogP contribution < -0.4 is 10.4 Å². The Labute approximate surface area is 308 Å². The molecule has 250 valence electrons. The predicted molar refractivity (Wildman–Crippen MR) is 227 cm³/mol. The van der Waals surface area contributed by atoms with Crippen molar-refractivity contribution in [2.45, 2.75) is 39.3 Å². The molecule has 0 unspecified atom stereocenters. The van der Waals surface area contributed by atoms with Crippen molar-refractivity contribution in [2.24, 2.45) is 0 Å². The summed E-state index contributed by atoms with van der Waals surface area (Å²) >= 11 is 0. The maximum Gasteiger partial charge on any atom is 0.0991 e.